The van der Waals surface area contributed by atoms with E-state index in [0.29, 0.717) is 6.61 Å². The van der Waals surface area contributed by atoms with E-state index in [0.717, 1.165) is 5.21 Å². The topological polar surface area (TPSA) is 20.2 Å². The zero-order valence-corrected chi connectivity index (χ0v) is 6.19. The standard InChI is InChI=1S/C4H11AsO/c1-5(2)3-4-6/h6H,3-4H2,1-2H3. The van der Waals surface area contributed by atoms with Crippen molar-refractivity contribution in [2.45, 2.75) is 16.6 Å². The molecule has 0 aromatic heterocycles. The summed E-state index contributed by atoms with van der Waals surface area (Å²) in [5.74, 6) is 0. The third-order valence-electron chi connectivity index (χ3n) is 0.547. The van der Waals surface area contributed by atoms with Crippen LogP contribution >= 0.6 is 0 Å². The van der Waals surface area contributed by atoms with Gasteiger partial charge in [0.05, 0.1) is 0 Å². The second kappa shape index (κ2) is 3.70. The van der Waals surface area contributed by atoms with E-state index in [4.69, 9.17) is 5.11 Å². The van der Waals surface area contributed by atoms with E-state index in [9.17, 15) is 0 Å². The molecular formula is C4H11AsO. The fourth-order valence-corrected chi connectivity index (χ4v) is 1.04. The van der Waals surface area contributed by atoms with Crippen molar-refractivity contribution in [1.82, 2.24) is 0 Å². The third-order valence-corrected chi connectivity index (χ3v) is 2.84. The van der Waals surface area contributed by atoms with Crippen molar-refractivity contribution in [3.63, 3.8) is 0 Å². The average molecular weight is 150 g/mol. The van der Waals surface area contributed by atoms with Crippen LogP contribution in [0.5, 0.6) is 0 Å². The van der Waals surface area contributed by atoms with Crippen LogP contribution < -0.4 is 0 Å². The summed E-state index contributed by atoms with van der Waals surface area (Å²) in [7, 11) is 0. The monoisotopic (exact) mass is 150 g/mol. The molecule has 0 radical (unpaired) electrons. The first-order chi connectivity index (χ1) is 2.77. The molecule has 0 saturated heterocycles. The Balaban J connectivity index is 2.63. The molecule has 38 valence electrons. The number of aliphatic hydroxyl groups is 1. The van der Waals surface area contributed by atoms with Gasteiger partial charge in [-0.2, -0.15) is 0 Å². The molecular weight excluding hydrogens is 139 g/mol. The number of hydrogen-bond donors (Lipinski definition) is 1. The van der Waals surface area contributed by atoms with Crippen molar-refractivity contribution in [2.75, 3.05) is 6.61 Å². The molecule has 0 amide bonds. The zero-order valence-electron chi connectivity index (χ0n) is 4.31. The maximum atomic E-state index is 8.27. The first-order valence-corrected chi connectivity index (χ1v) is 7.11. The molecule has 0 aliphatic rings. The van der Waals surface area contributed by atoms with Gasteiger partial charge in [0.15, 0.2) is 0 Å². The van der Waals surface area contributed by atoms with Crippen molar-refractivity contribution < 1.29 is 5.11 Å². The van der Waals surface area contributed by atoms with Crippen molar-refractivity contribution in [1.29, 1.82) is 0 Å². The van der Waals surface area contributed by atoms with E-state index in [2.05, 4.69) is 11.4 Å². The molecule has 0 aliphatic carbocycles. The van der Waals surface area contributed by atoms with Gasteiger partial charge in [-0.25, -0.2) is 0 Å². The Kier molecular flexibility index (Phi) is 4.02. The van der Waals surface area contributed by atoms with Gasteiger partial charge in [-0.05, 0) is 0 Å². The number of hydrogen-bond acceptors (Lipinski definition) is 1. The van der Waals surface area contributed by atoms with Crippen LogP contribution in [-0.4, -0.2) is 26.4 Å². The Hall–Kier alpha value is 0.518. The van der Waals surface area contributed by atoms with E-state index in [1.54, 1.807) is 0 Å². The number of rotatable bonds is 2. The molecule has 1 nitrogen and oxygen atoms in total. The fourth-order valence-electron chi connectivity index (χ4n) is 0.200. The van der Waals surface area contributed by atoms with Crippen molar-refractivity contribution in [2.24, 2.45) is 0 Å². The Bertz CT molecular complexity index is 28.7. The molecule has 0 bridgehead atoms. The van der Waals surface area contributed by atoms with Gasteiger partial charge in [-0.1, -0.05) is 0 Å². The second-order valence-electron chi connectivity index (χ2n) is 1.53. The van der Waals surface area contributed by atoms with Gasteiger partial charge in [0.2, 0.25) is 0 Å². The Morgan fingerprint density at radius 1 is 1.50 bits per heavy atom. The first kappa shape index (κ1) is 6.52. The van der Waals surface area contributed by atoms with Gasteiger partial charge < -0.3 is 0 Å². The summed E-state index contributed by atoms with van der Waals surface area (Å²) in [6, 6.07) is 0. The van der Waals surface area contributed by atoms with E-state index >= 15 is 0 Å². The molecule has 0 aliphatic heterocycles. The van der Waals surface area contributed by atoms with E-state index in [-0.39, 0.29) is 0 Å². The van der Waals surface area contributed by atoms with Crippen LogP contribution in [0, 0.1) is 0 Å². The molecule has 0 saturated carbocycles. The van der Waals surface area contributed by atoms with Crippen molar-refractivity contribution >= 4 is 14.7 Å². The summed E-state index contributed by atoms with van der Waals surface area (Å²) in [6.07, 6.45) is 0. The second-order valence-corrected chi connectivity index (χ2v) is 7.00. The molecule has 1 N–H and O–H groups in total. The summed E-state index contributed by atoms with van der Waals surface area (Å²) in [4.78, 5) is 0. The third kappa shape index (κ3) is 4.52. The zero-order chi connectivity index (χ0) is 4.99. The van der Waals surface area contributed by atoms with Crippen LogP contribution in [0.1, 0.15) is 0 Å². The maximum absolute atomic E-state index is 8.27. The Morgan fingerprint density at radius 2 is 2.00 bits per heavy atom. The summed E-state index contributed by atoms with van der Waals surface area (Å²) in [5.41, 5.74) is 4.48. The van der Waals surface area contributed by atoms with Gasteiger partial charge in [-0.3, -0.25) is 0 Å². The van der Waals surface area contributed by atoms with Crippen LogP contribution in [0.25, 0.3) is 0 Å². The van der Waals surface area contributed by atoms with Gasteiger partial charge in [-0.15, -0.1) is 0 Å². The Morgan fingerprint density at radius 3 is 2.00 bits per heavy atom. The SMILES string of the molecule is C[As](C)CCO. The average Bonchev–Trinajstić information content (AvgIpc) is 1.35. The molecule has 0 rings (SSSR count). The normalized spacial score (nSPS) is 10.0. The fraction of sp³-hybridized carbons (Fsp3) is 1.00. The predicted octanol–water partition coefficient (Wildman–Crippen LogP) is 0.733. The summed E-state index contributed by atoms with van der Waals surface area (Å²) >= 11 is -0.474. The molecule has 2 heteroatoms. The molecule has 0 aromatic carbocycles. The van der Waals surface area contributed by atoms with E-state index in [1.165, 1.54) is 0 Å². The van der Waals surface area contributed by atoms with Crippen LogP contribution in [-0.2, 0) is 0 Å². The van der Waals surface area contributed by atoms with Crippen LogP contribution in [0.2, 0.25) is 16.6 Å². The van der Waals surface area contributed by atoms with Crippen molar-refractivity contribution in [3.05, 3.63) is 0 Å². The quantitative estimate of drug-likeness (QED) is 0.575. The Labute approximate surface area is 43.6 Å². The van der Waals surface area contributed by atoms with Crippen molar-refractivity contribution in [3.8, 4) is 0 Å². The summed E-state index contributed by atoms with van der Waals surface area (Å²) < 4.78 is 0. The van der Waals surface area contributed by atoms with Crippen LogP contribution in [0.4, 0.5) is 0 Å². The molecule has 0 aromatic rings. The van der Waals surface area contributed by atoms with Gasteiger partial charge >= 0.3 is 43.0 Å². The molecule has 0 atom stereocenters. The molecule has 0 fully saturated rings. The summed E-state index contributed by atoms with van der Waals surface area (Å²) in [5, 5.41) is 9.35. The molecule has 0 heterocycles. The minimum atomic E-state index is -0.474. The van der Waals surface area contributed by atoms with Crippen LogP contribution in [0.15, 0.2) is 0 Å². The van der Waals surface area contributed by atoms with Gasteiger partial charge in [0.1, 0.15) is 0 Å². The molecule has 0 spiro atoms. The predicted molar refractivity (Wildman–Crippen MR) is 29.4 cm³/mol. The molecule has 6 heavy (non-hydrogen) atoms. The molecule has 0 unspecified atom stereocenters. The number of aliphatic hydroxyl groups excluding tert-OH is 1. The van der Waals surface area contributed by atoms with Gasteiger partial charge in [0.25, 0.3) is 0 Å². The van der Waals surface area contributed by atoms with E-state index < -0.39 is 14.7 Å². The van der Waals surface area contributed by atoms with Gasteiger partial charge in [0, 0.05) is 0 Å². The van der Waals surface area contributed by atoms with Crippen LogP contribution in [0.3, 0.4) is 0 Å². The van der Waals surface area contributed by atoms with E-state index in [1.807, 2.05) is 0 Å². The minimum absolute atomic E-state index is 0.396. The first-order valence-electron chi connectivity index (χ1n) is 2.03. The summed E-state index contributed by atoms with van der Waals surface area (Å²) in [6.45, 7) is 0.396.